The highest BCUT2D eigenvalue weighted by molar-refractivity contribution is 6.81. The van der Waals surface area contributed by atoms with Gasteiger partial charge in [-0.15, -0.1) is 0 Å². The maximum atomic E-state index is 2.58. The van der Waals surface area contributed by atoms with E-state index in [1.807, 2.05) is 0 Å². The summed E-state index contributed by atoms with van der Waals surface area (Å²) in [6.07, 6.45) is 30.8. The molecule has 0 bridgehead atoms. The predicted molar refractivity (Wildman–Crippen MR) is 556 cm³/mol. The van der Waals surface area contributed by atoms with E-state index in [0.29, 0.717) is 5.41 Å². The van der Waals surface area contributed by atoms with Crippen molar-refractivity contribution in [1.29, 1.82) is 0 Å². The van der Waals surface area contributed by atoms with E-state index in [0.717, 1.165) is 38.8 Å². The van der Waals surface area contributed by atoms with Crippen molar-refractivity contribution in [2.24, 2.45) is 5.41 Å². The van der Waals surface area contributed by atoms with Crippen LogP contribution in [0.5, 0.6) is 0 Å². The lowest BCUT2D eigenvalue weighted by Crippen LogP contribution is -2.32. The van der Waals surface area contributed by atoms with E-state index in [9.17, 15) is 0 Å². The van der Waals surface area contributed by atoms with Gasteiger partial charge < -0.3 is 0 Å². The van der Waals surface area contributed by atoms with E-state index in [1.165, 1.54) is 223 Å². The average Bonchev–Trinajstić information content (AvgIpc) is 0.827. The Bertz CT molecular complexity index is 3260. The number of hydrogen-bond donors (Lipinski definition) is 0. The zero-order valence-electron chi connectivity index (χ0n) is 82.3. The van der Waals surface area contributed by atoms with E-state index in [4.69, 9.17) is 0 Å². The summed E-state index contributed by atoms with van der Waals surface area (Å²) >= 11 is 0. The van der Waals surface area contributed by atoms with Crippen LogP contribution in [0.2, 0.25) is 173 Å². The topological polar surface area (TPSA) is 0 Å². The van der Waals surface area contributed by atoms with E-state index in [1.54, 1.807) is 0 Å². The molecule has 7 heteroatoms. The molecule has 0 aromatic heterocycles. The molecule has 0 saturated carbocycles. The Morgan fingerprint density at radius 2 is 0.397 bits per heavy atom. The van der Waals surface area contributed by atoms with E-state index < -0.39 is 56.5 Å². The van der Waals surface area contributed by atoms with Crippen LogP contribution in [0.3, 0.4) is 0 Å². The molecule has 0 spiro atoms. The van der Waals surface area contributed by atoms with E-state index in [-0.39, 0.29) is 0 Å². The Labute approximate surface area is 732 Å². The number of unbranched alkanes of at least 4 members (excludes halogenated alkanes) is 4. The number of rotatable bonds is 43. The molecule has 7 aromatic rings. The standard InChI is InChI=1S/C18H32Si.2C17H30Si.2C15H26Si.C14H24Si.C13H22Si/c1-16(12-13-17-10-8-7-9-11-17)19(5,6)15-14-18(2,3)4;2*1-5-6-10-15-18(3,4)16(2)13-14-17-11-8-7-9-12-17;2*1-5-13-16(3,4)14(2)11-12-15-9-7-6-8-10-15;1-5-15(3,4)13(2)11-12-14-9-7-6-8-10-14;1-12(14(2,3)4)10-11-13-8-6-5-7-9-13/h7-11,16H,12-15H2,1-6H3;2*7-9,11-12,16H,5-6,10,13-15H2,1-4H3;2*6-10,14H,5,11-13H2,1-4H3;6-10,13H,5,11-12H2,1-4H3;5-9,12H,10-11H2,1-4H3. The summed E-state index contributed by atoms with van der Waals surface area (Å²) < 4.78 is 0. The van der Waals surface area contributed by atoms with E-state index in [2.05, 4.69) is 414 Å². The molecule has 7 aromatic carbocycles. The highest BCUT2D eigenvalue weighted by Crippen LogP contribution is 2.38. The van der Waals surface area contributed by atoms with Gasteiger partial charge in [-0.25, -0.2) is 0 Å². The molecule has 0 radical (unpaired) electrons. The molecule has 0 aliphatic heterocycles. The SMILES string of the molecule is CC(CCc1ccccc1)[Si](C)(C)C.CC(CCc1ccccc1)[Si](C)(C)CCC(C)(C)C.CCCCC[Si](C)(C)C(C)CCc1ccccc1.CCCCC[Si](C)(C)C(C)CCc1ccccc1.CCC[Si](C)(C)C(C)CCc1ccccc1.CCC[Si](C)(C)C(C)CCc1ccccc1.CC[Si](C)(C)C(C)CCc1ccccc1. The lowest BCUT2D eigenvalue weighted by Gasteiger charge is -2.33. The third-order valence-corrected chi connectivity index (χ3v) is 59.7. The summed E-state index contributed by atoms with van der Waals surface area (Å²) in [5, 5.41) is 0. The number of aryl methyl sites for hydroxylation is 7. The lowest BCUT2D eigenvalue weighted by molar-refractivity contribution is 0.394. The average molecular weight is 1700 g/mol. The van der Waals surface area contributed by atoms with Gasteiger partial charge in [-0.05, 0) is 173 Å². The quantitative estimate of drug-likeness (QED) is 0.0264. The second-order valence-electron chi connectivity index (χ2n) is 42.6. The molecule has 7 atom stereocenters. The molecule has 7 unspecified atom stereocenters. The van der Waals surface area contributed by atoms with Gasteiger partial charge >= 0.3 is 0 Å². The minimum absolute atomic E-state index is 0.490. The fourth-order valence-corrected chi connectivity index (χ4v) is 31.2. The van der Waals surface area contributed by atoms with Crippen LogP contribution in [-0.2, 0) is 44.9 Å². The first-order valence-corrected chi connectivity index (χ1v) is 71.1. The van der Waals surface area contributed by atoms with Crippen LogP contribution >= 0.6 is 0 Å². The van der Waals surface area contributed by atoms with Crippen molar-refractivity contribution in [3.05, 3.63) is 251 Å². The first-order chi connectivity index (χ1) is 54.5. The third-order valence-electron chi connectivity index (χ3n) is 28.5. The molecule has 0 fully saturated rings. The van der Waals surface area contributed by atoms with Gasteiger partial charge in [0.05, 0.1) is 40.4 Å². The maximum absolute atomic E-state index is 2.58. The molecule has 654 valence electrons. The maximum Gasteiger partial charge on any atom is 0.0502 e. The van der Waals surface area contributed by atoms with Gasteiger partial charge in [0, 0.05) is 16.1 Å². The predicted octanol–water partition coefficient (Wildman–Crippen LogP) is 37.3. The number of benzene rings is 7. The van der Waals surface area contributed by atoms with Crippen LogP contribution in [-0.4, -0.2) is 56.5 Å². The molecule has 7 rings (SSSR count). The van der Waals surface area contributed by atoms with Gasteiger partial charge in [-0.3, -0.25) is 0 Å². The van der Waals surface area contributed by atoms with Crippen LogP contribution in [0.25, 0.3) is 0 Å². The highest BCUT2D eigenvalue weighted by atomic mass is 28.3. The molecule has 0 nitrogen and oxygen atoms in total. The Morgan fingerprint density at radius 3 is 0.569 bits per heavy atom. The van der Waals surface area contributed by atoms with Gasteiger partial charge in [0.25, 0.3) is 0 Å². The molecular formula is C109H190Si7. The molecule has 0 aliphatic carbocycles. The van der Waals surface area contributed by atoms with Crippen molar-refractivity contribution in [2.45, 2.75) is 425 Å². The molecular weight excluding hydrogens is 1510 g/mol. The van der Waals surface area contributed by atoms with Gasteiger partial charge in [0.15, 0.2) is 0 Å². The smallest absolute Gasteiger partial charge is 0.0502 e. The Hall–Kier alpha value is -3.94. The van der Waals surface area contributed by atoms with Crippen LogP contribution in [0.15, 0.2) is 212 Å². The normalized spacial score (nSPS) is 13.8. The van der Waals surface area contributed by atoms with Crippen LogP contribution in [0, 0.1) is 5.41 Å². The minimum atomic E-state index is -1.07. The zero-order valence-corrected chi connectivity index (χ0v) is 89.3. The first-order valence-electron chi connectivity index (χ1n) is 47.8. The summed E-state index contributed by atoms with van der Waals surface area (Å²) in [4.78, 5) is 0. The van der Waals surface area contributed by atoms with Crippen molar-refractivity contribution < 1.29 is 0 Å². The van der Waals surface area contributed by atoms with Crippen LogP contribution in [0.1, 0.15) is 246 Å². The Balaban J connectivity index is 0.000000678. The molecule has 0 saturated heterocycles. The second-order valence-corrected chi connectivity index (χ2v) is 81.3. The summed E-state index contributed by atoms with van der Waals surface area (Å²) in [5.41, 5.74) is 17.5. The highest BCUT2D eigenvalue weighted by Gasteiger charge is 2.32. The molecule has 0 aliphatic rings. The minimum Gasteiger partial charge on any atom is -0.0694 e. The third kappa shape index (κ3) is 51.7. The number of hydrogen-bond acceptors (Lipinski definition) is 0. The van der Waals surface area contributed by atoms with Crippen molar-refractivity contribution >= 4 is 56.5 Å². The monoisotopic (exact) mass is 1700 g/mol. The van der Waals surface area contributed by atoms with Gasteiger partial charge in [0.2, 0.25) is 0 Å². The molecule has 116 heavy (non-hydrogen) atoms. The van der Waals surface area contributed by atoms with Crippen molar-refractivity contribution in [3.8, 4) is 0 Å². The fourth-order valence-electron chi connectivity index (χ4n) is 15.2. The van der Waals surface area contributed by atoms with Crippen molar-refractivity contribution in [2.75, 3.05) is 0 Å². The van der Waals surface area contributed by atoms with Gasteiger partial charge in [-0.2, -0.15) is 0 Å². The first kappa shape index (κ1) is 110. The second kappa shape index (κ2) is 59.7. The molecule has 0 heterocycles. The fraction of sp³-hybridized carbons (Fsp3) is 0.615. The summed E-state index contributed by atoms with van der Waals surface area (Å²) in [7, 11) is -6.84. The Kier molecular flexibility index (Phi) is 56.7. The lowest BCUT2D eigenvalue weighted by atomic mass is 9.94. The van der Waals surface area contributed by atoms with Crippen LogP contribution < -0.4 is 0 Å². The van der Waals surface area contributed by atoms with Crippen LogP contribution in [0.4, 0.5) is 0 Å². The van der Waals surface area contributed by atoms with E-state index >= 15 is 0 Å². The summed E-state index contributed by atoms with van der Waals surface area (Å²) in [6.45, 7) is 74.0. The van der Waals surface area contributed by atoms with Gasteiger partial charge in [0.1, 0.15) is 0 Å². The zero-order chi connectivity index (χ0) is 87.3. The summed E-state index contributed by atoms with van der Waals surface area (Å²) in [5.74, 6) is 0. The molecule has 0 N–H and O–H groups in total. The van der Waals surface area contributed by atoms with Gasteiger partial charge in [-0.1, -0.05) is 508 Å². The van der Waals surface area contributed by atoms with Crippen molar-refractivity contribution in [1.82, 2.24) is 0 Å². The molecule has 0 amide bonds. The largest absolute Gasteiger partial charge is 0.0694 e. The summed E-state index contributed by atoms with van der Waals surface area (Å²) in [6, 6.07) is 85.1. The van der Waals surface area contributed by atoms with Crippen molar-refractivity contribution in [3.63, 3.8) is 0 Å². The Morgan fingerprint density at radius 1 is 0.216 bits per heavy atom.